The quantitative estimate of drug-likeness (QED) is 0.462. The predicted octanol–water partition coefficient (Wildman–Crippen LogP) is 3.08. The van der Waals surface area contributed by atoms with Crippen LogP contribution >= 0.6 is 0 Å². The minimum absolute atomic E-state index is 0.147. The lowest BCUT2D eigenvalue weighted by Crippen LogP contribution is -2.02. The molecule has 0 radical (unpaired) electrons. The number of hydrogen-bond donors (Lipinski definition) is 0. The third-order valence-corrected chi connectivity index (χ3v) is 2.37. The van der Waals surface area contributed by atoms with Gasteiger partial charge in [-0.1, -0.05) is 24.3 Å². The van der Waals surface area contributed by atoms with Gasteiger partial charge >= 0.3 is 0 Å². The molecule has 0 unspecified atom stereocenters. The van der Waals surface area contributed by atoms with Crippen molar-refractivity contribution in [2.75, 3.05) is 0 Å². The Labute approximate surface area is 75.1 Å². The van der Waals surface area contributed by atoms with E-state index in [-0.39, 0.29) is 5.60 Å². The molecule has 0 aliphatic carbocycles. The van der Waals surface area contributed by atoms with Crippen LogP contribution in [-0.4, -0.2) is 11.7 Å². The summed E-state index contributed by atoms with van der Waals surface area (Å²) in [6, 6.07) is 0. The van der Waals surface area contributed by atoms with Crippen molar-refractivity contribution in [2.24, 2.45) is 0 Å². The highest BCUT2D eigenvalue weighted by Crippen LogP contribution is 2.38. The Balaban J connectivity index is 2.19. The summed E-state index contributed by atoms with van der Waals surface area (Å²) in [5, 5.41) is 0. The summed E-state index contributed by atoms with van der Waals surface area (Å²) in [4.78, 5) is 0. The SMILES string of the molecule is C=C/C=C(\C)CC[C@@H]1OC1(C)C. The van der Waals surface area contributed by atoms with Crippen LogP contribution < -0.4 is 0 Å². The first-order valence-electron chi connectivity index (χ1n) is 4.52. The van der Waals surface area contributed by atoms with Crippen LogP contribution in [0.1, 0.15) is 33.6 Å². The minimum Gasteiger partial charge on any atom is -0.367 e. The number of ether oxygens (including phenoxy) is 1. The van der Waals surface area contributed by atoms with E-state index in [2.05, 4.69) is 33.4 Å². The van der Waals surface area contributed by atoms with Crippen molar-refractivity contribution >= 4 is 0 Å². The van der Waals surface area contributed by atoms with Crippen molar-refractivity contribution in [3.8, 4) is 0 Å². The maximum Gasteiger partial charge on any atom is 0.0892 e. The van der Waals surface area contributed by atoms with E-state index in [1.807, 2.05) is 6.08 Å². The Kier molecular flexibility index (Phi) is 2.73. The normalized spacial score (nSPS) is 26.9. The smallest absolute Gasteiger partial charge is 0.0892 e. The molecular weight excluding hydrogens is 148 g/mol. The van der Waals surface area contributed by atoms with Crippen molar-refractivity contribution in [2.45, 2.75) is 45.3 Å². The molecule has 1 saturated heterocycles. The molecule has 1 nitrogen and oxygen atoms in total. The molecule has 1 heterocycles. The van der Waals surface area contributed by atoms with Crippen LogP contribution in [0.25, 0.3) is 0 Å². The fourth-order valence-electron chi connectivity index (χ4n) is 1.38. The molecule has 0 spiro atoms. The second-order valence-corrected chi connectivity index (χ2v) is 4.00. The highest BCUT2D eigenvalue weighted by molar-refractivity contribution is 5.09. The summed E-state index contributed by atoms with van der Waals surface area (Å²) in [7, 11) is 0. The van der Waals surface area contributed by atoms with Gasteiger partial charge in [-0.05, 0) is 33.6 Å². The minimum atomic E-state index is 0.147. The third-order valence-electron chi connectivity index (χ3n) is 2.37. The van der Waals surface area contributed by atoms with Crippen LogP contribution in [0.2, 0.25) is 0 Å². The Morgan fingerprint density at radius 1 is 1.58 bits per heavy atom. The summed E-state index contributed by atoms with van der Waals surface area (Å²) in [6.45, 7) is 10.1. The van der Waals surface area contributed by atoms with E-state index in [1.54, 1.807) is 0 Å². The zero-order valence-electron chi connectivity index (χ0n) is 8.26. The fourth-order valence-corrected chi connectivity index (χ4v) is 1.38. The van der Waals surface area contributed by atoms with E-state index in [1.165, 1.54) is 5.57 Å². The summed E-state index contributed by atoms with van der Waals surface area (Å²) in [5.41, 5.74) is 1.53. The van der Waals surface area contributed by atoms with Gasteiger partial charge in [-0.3, -0.25) is 0 Å². The predicted molar refractivity (Wildman–Crippen MR) is 52.1 cm³/mol. The Bertz CT molecular complexity index is 201. The van der Waals surface area contributed by atoms with Crippen LogP contribution in [0.5, 0.6) is 0 Å². The number of rotatable bonds is 4. The zero-order chi connectivity index (χ0) is 9.19. The van der Waals surface area contributed by atoms with Crippen molar-refractivity contribution in [3.63, 3.8) is 0 Å². The molecule has 0 aromatic rings. The molecule has 1 aliphatic heterocycles. The molecule has 12 heavy (non-hydrogen) atoms. The van der Waals surface area contributed by atoms with Crippen LogP contribution in [0.3, 0.4) is 0 Å². The third kappa shape index (κ3) is 2.49. The average molecular weight is 166 g/mol. The molecule has 1 aliphatic rings. The highest BCUT2D eigenvalue weighted by atomic mass is 16.6. The van der Waals surface area contributed by atoms with E-state index in [9.17, 15) is 0 Å². The van der Waals surface area contributed by atoms with Crippen molar-refractivity contribution < 1.29 is 4.74 Å². The first kappa shape index (κ1) is 9.53. The molecule has 0 saturated carbocycles. The molecule has 68 valence electrons. The maximum atomic E-state index is 5.48. The number of allylic oxidation sites excluding steroid dienone is 3. The van der Waals surface area contributed by atoms with Gasteiger partial charge < -0.3 is 4.74 Å². The monoisotopic (exact) mass is 166 g/mol. The largest absolute Gasteiger partial charge is 0.367 e. The van der Waals surface area contributed by atoms with Crippen molar-refractivity contribution in [1.82, 2.24) is 0 Å². The van der Waals surface area contributed by atoms with Crippen molar-refractivity contribution in [1.29, 1.82) is 0 Å². The topological polar surface area (TPSA) is 12.5 Å². The zero-order valence-corrected chi connectivity index (χ0v) is 8.26. The summed E-state index contributed by atoms with van der Waals surface area (Å²) >= 11 is 0. The fraction of sp³-hybridized carbons (Fsp3) is 0.636. The summed E-state index contributed by atoms with van der Waals surface area (Å²) in [6.07, 6.45) is 6.65. The van der Waals surface area contributed by atoms with Crippen molar-refractivity contribution in [3.05, 3.63) is 24.3 Å². The Morgan fingerprint density at radius 2 is 2.17 bits per heavy atom. The van der Waals surface area contributed by atoms with Crippen LogP contribution in [0, 0.1) is 0 Å². The van der Waals surface area contributed by atoms with E-state index in [4.69, 9.17) is 4.74 Å². The van der Waals surface area contributed by atoms with Gasteiger partial charge in [0.2, 0.25) is 0 Å². The van der Waals surface area contributed by atoms with E-state index in [0.29, 0.717) is 6.10 Å². The Hall–Kier alpha value is -0.560. The standard InChI is InChI=1S/C11H18O/c1-5-6-9(2)7-8-10-11(3,4)12-10/h5-6,10H,1,7-8H2,2-4H3/b9-6+/t10-/m0/s1. The van der Waals surface area contributed by atoms with Gasteiger partial charge in [-0.15, -0.1) is 0 Å². The van der Waals surface area contributed by atoms with Gasteiger partial charge in [-0.2, -0.15) is 0 Å². The lowest BCUT2D eigenvalue weighted by atomic mass is 10.0. The second kappa shape index (κ2) is 3.44. The van der Waals surface area contributed by atoms with Crippen LogP contribution in [0.15, 0.2) is 24.3 Å². The average Bonchev–Trinajstić information content (AvgIpc) is 2.56. The first-order chi connectivity index (χ1) is 5.56. The van der Waals surface area contributed by atoms with Gasteiger partial charge in [-0.25, -0.2) is 0 Å². The molecular formula is C11H18O. The molecule has 0 bridgehead atoms. The van der Waals surface area contributed by atoms with E-state index >= 15 is 0 Å². The van der Waals surface area contributed by atoms with E-state index < -0.39 is 0 Å². The molecule has 1 atom stereocenters. The molecule has 1 fully saturated rings. The van der Waals surface area contributed by atoms with Gasteiger partial charge in [0, 0.05) is 0 Å². The lowest BCUT2D eigenvalue weighted by Gasteiger charge is -1.98. The molecule has 0 amide bonds. The molecule has 0 aromatic heterocycles. The van der Waals surface area contributed by atoms with Gasteiger partial charge in [0.1, 0.15) is 0 Å². The number of epoxide rings is 1. The maximum absolute atomic E-state index is 5.48. The molecule has 1 rings (SSSR count). The summed E-state index contributed by atoms with van der Waals surface area (Å²) in [5.74, 6) is 0. The second-order valence-electron chi connectivity index (χ2n) is 4.00. The Morgan fingerprint density at radius 3 is 2.58 bits per heavy atom. The first-order valence-corrected chi connectivity index (χ1v) is 4.52. The molecule has 0 aromatic carbocycles. The lowest BCUT2D eigenvalue weighted by molar-refractivity contribution is 0.320. The number of hydrogen-bond acceptors (Lipinski definition) is 1. The highest BCUT2D eigenvalue weighted by Gasteiger charge is 2.46. The van der Waals surface area contributed by atoms with Gasteiger partial charge in [0.25, 0.3) is 0 Å². The van der Waals surface area contributed by atoms with E-state index in [0.717, 1.165) is 12.8 Å². The molecule has 1 heteroatoms. The van der Waals surface area contributed by atoms with Gasteiger partial charge in [0.15, 0.2) is 0 Å². The van der Waals surface area contributed by atoms with Crippen LogP contribution in [0.4, 0.5) is 0 Å². The molecule has 0 N–H and O–H groups in total. The summed E-state index contributed by atoms with van der Waals surface area (Å²) < 4.78 is 5.48. The van der Waals surface area contributed by atoms with Gasteiger partial charge in [0.05, 0.1) is 11.7 Å². The van der Waals surface area contributed by atoms with Crippen LogP contribution in [-0.2, 0) is 4.74 Å².